The molecule has 0 aliphatic rings. The van der Waals surface area contributed by atoms with E-state index in [2.05, 4.69) is 5.32 Å². The number of carbonyl (C=O) groups is 2. The third kappa shape index (κ3) is 3.47. The number of rotatable bonds is 5. The van der Waals surface area contributed by atoms with Gasteiger partial charge in [-0.2, -0.15) is 0 Å². The van der Waals surface area contributed by atoms with Gasteiger partial charge in [-0.3, -0.25) is 14.4 Å². The van der Waals surface area contributed by atoms with Gasteiger partial charge >= 0.3 is 5.97 Å². The average Bonchev–Trinajstić information content (AvgIpc) is 2.46. The van der Waals surface area contributed by atoms with Gasteiger partial charge in [0, 0.05) is 12.1 Å². The van der Waals surface area contributed by atoms with Crippen LogP contribution in [-0.4, -0.2) is 23.0 Å². The lowest BCUT2D eigenvalue weighted by Crippen LogP contribution is -2.36. The number of hydrogen-bond acceptors (Lipinski definition) is 4. The highest BCUT2D eigenvalue weighted by molar-refractivity contribution is 5.93. The molecule has 1 unspecified atom stereocenters. The standard InChI is InChI=1S/C15H15NO5/c1-2-9(7-14(18)19)16-15(20)13-8-11(17)10-5-3-4-6-12(10)21-13/h3-6,8-9H,2,7H2,1H3,(H,16,20)(H,18,19). The molecule has 1 heterocycles. The molecular weight excluding hydrogens is 274 g/mol. The minimum Gasteiger partial charge on any atom is -0.481 e. The molecule has 0 radical (unpaired) electrons. The second-order valence-electron chi connectivity index (χ2n) is 4.65. The minimum absolute atomic E-state index is 0.123. The molecule has 1 aromatic heterocycles. The van der Waals surface area contributed by atoms with E-state index in [-0.39, 0.29) is 17.6 Å². The zero-order chi connectivity index (χ0) is 15.4. The molecule has 1 aromatic carbocycles. The molecule has 0 fully saturated rings. The van der Waals surface area contributed by atoms with Gasteiger partial charge in [0.1, 0.15) is 5.58 Å². The van der Waals surface area contributed by atoms with Crippen molar-refractivity contribution in [2.75, 3.05) is 0 Å². The second kappa shape index (κ2) is 6.21. The number of hydrogen-bond donors (Lipinski definition) is 2. The van der Waals surface area contributed by atoms with Gasteiger partial charge in [-0.05, 0) is 18.6 Å². The number of benzene rings is 1. The molecule has 6 nitrogen and oxygen atoms in total. The summed E-state index contributed by atoms with van der Waals surface area (Å²) < 4.78 is 5.40. The second-order valence-corrected chi connectivity index (χ2v) is 4.65. The van der Waals surface area contributed by atoms with Crippen molar-refractivity contribution in [1.82, 2.24) is 5.32 Å². The zero-order valence-corrected chi connectivity index (χ0v) is 11.5. The Morgan fingerprint density at radius 2 is 2.05 bits per heavy atom. The molecule has 0 bridgehead atoms. The summed E-state index contributed by atoms with van der Waals surface area (Å²) in [6.45, 7) is 1.77. The normalized spacial score (nSPS) is 12.0. The number of para-hydroxylation sites is 1. The molecule has 1 amide bonds. The van der Waals surface area contributed by atoms with Gasteiger partial charge < -0.3 is 14.8 Å². The molecule has 1 atom stereocenters. The number of fused-ring (bicyclic) bond motifs is 1. The number of aliphatic carboxylic acids is 1. The van der Waals surface area contributed by atoms with Gasteiger partial charge in [0.15, 0.2) is 11.2 Å². The van der Waals surface area contributed by atoms with Crippen LogP contribution in [0.4, 0.5) is 0 Å². The molecule has 0 aliphatic carbocycles. The predicted molar refractivity (Wildman–Crippen MR) is 76.3 cm³/mol. The number of carboxylic acids is 1. The maximum absolute atomic E-state index is 12.1. The van der Waals surface area contributed by atoms with E-state index in [0.717, 1.165) is 6.07 Å². The lowest BCUT2D eigenvalue weighted by Gasteiger charge is -2.14. The first-order valence-electron chi connectivity index (χ1n) is 6.56. The Balaban J connectivity index is 2.27. The third-order valence-corrected chi connectivity index (χ3v) is 3.11. The number of carboxylic acid groups (broad SMARTS) is 1. The summed E-state index contributed by atoms with van der Waals surface area (Å²) in [6, 6.07) is 7.23. The summed E-state index contributed by atoms with van der Waals surface area (Å²) in [7, 11) is 0. The van der Waals surface area contributed by atoms with Crippen LogP contribution in [0.1, 0.15) is 30.3 Å². The van der Waals surface area contributed by atoms with Crippen LogP contribution >= 0.6 is 0 Å². The van der Waals surface area contributed by atoms with E-state index in [1.54, 1.807) is 31.2 Å². The molecule has 2 N–H and O–H groups in total. The Bertz CT molecular complexity index is 734. The van der Waals surface area contributed by atoms with E-state index in [4.69, 9.17) is 9.52 Å². The monoisotopic (exact) mass is 289 g/mol. The smallest absolute Gasteiger partial charge is 0.305 e. The Morgan fingerprint density at radius 3 is 2.71 bits per heavy atom. The van der Waals surface area contributed by atoms with Crippen molar-refractivity contribution >= 4 is 22.8 Å². The van der Waals surface area contributed by atoms with Crippen LogP contribution in [0.15, 0.2) is 39.5 Å². The zero-order valence-electron chi connectivity index (χ0n) is 11.5. The van der Waals surface area contributed by atoms with Gasteiger partial charge in [0.05, 0.1) is 11.8 Å². The molecule has 0 spiro atoms. The highest BCUT2D eigenvalue weighted by atomic mass is 16.4. The number of nitrogens with one attached hydrogen (secondary N) is 1. The summed E-state index contributed by atoms with van der Waals surface area (Å²) >= 11 is 0. The van der Waals surface area contributed by atoms with Crippen LogP contribution < -0.4 is 10.7 Å². The average molecular weight is 289 g/mol. The van der Waals surface area contributed by atoms with Gasteiger partial charge in [0.2, 0.25) is 0 Å². The fraction of sp³-hybridized carbons (Fsp3) is 0.267. The van der Waals surface area contributed by atoms with Crippen LogP contribution in [0.25, 0.3) is 11.0 Å². The highest BCUT2D eigenvalue weighted by Crippen LogP contribution is 2.12. The number of carbonyl (C=O) groups excluding carboxylic acids is 1. The quantitative estimate of drug-likeness (QED) is 0.874. The van der Waals surface area contributed by atoms with Crippen molar-refractivity contribution in [3.05, 3.63) is 46.3 Å². The third-order valence-electron chi connectivity index (χ3n) is 3.11. The van der Waals surface area contributed by atoms with E-state index < -0.39 is 17.9 Å². The van der Waals surface area contributed by atoms with E-state index in [1.165, 1.54) is 0 Å². The van der Waals surface area contributed by atoms with Gasteiger partial charge in [-0.25, -0.2) is 0 Å². The molecule has 2 aromatic rings. The maximum atomic E-state index is 12.1. The van der Waals surface area contributed by atoms with Crippen LogP contribution in [-0.2, 0) is 4.79 Å². The van der Waals surface area contributed by atoms with E-state index >= 15 is 0 Å². The minimum atomic E-state index is -0.998. The molecule has 0 saturated heterocycles. The van der Waals surface area contributed by atoms with Gasteiger partial charge in [0.25, 0.3) is 5.91 Å². The van der Waals surface area contributed by atoms with Crippen molar-refractivity contribution in [2.45, 2.75) is 25.8 Å². The summed E-state index contributed by atoms with van der Waals surface area (Å²) in [6.07, 6.45) is 0.288. The van der Waals surface area contributed by atoms with Crippen molar-refractivity contribution in [3.8, 4) is 0 Å². The summed E-state index contributed by atoms with van der Waals surface area (Å²) in [5.74, 6) is -1.71. The summed E-state index contributed by atoms with van der Waals surface area (Å²) in [5, 5.41) is 11.7. The Labute approximate surface area is 120 Å². The van der Waals surface area contributed by atoms with E-state index in [9.17, 15) is 14.4 Å². The van der Waals surface area contributed by atoms with Gasteiger partial charge in [-0.15, -0.1) is 0 Å². The Kier molecular flexibility index (Phi) is 4.37. The maximum Gasteiger partial charge on any atom is 0.305 e. The first-order chi connectivity index (χ1) is 10.0. The summed E-state index contributed by atoms with van der Waals surface area (Å²) in [4.78, 5) is 34.6. The molecular formula is C15H15NO5. The molecule has 0 saturated carbocycles. The molecule has 21 heavy (non-hydrogen) atoms. The fourth-order valence-electron chi connectivity index (χ4n) is 1.98. The molecule has 110 valence electrons. The van der Waals surface area contributed by atoms with Crippen LogP contribution in [0.3, 0.4) is 0 Å². The SMILES string of the molecule is CCC(CC(=O)O)NC(=O)c1cc(=O)c2ccccc2o1. The molecule has 0 aliphatic heterocycles. The summed E-state index contributed by atoms with van der Waals surface area (Å²) in [5.41, 5.74) is 0.00900. The topological polar surface area (TPSA) is 96.6 Å². The van der Waals surface area contributed by atoms with Crippen LogP contribution in [0.5, 0.6) is 0 Å². The highest BCUT2D eigenvalue weighted by Gasteiger charge is 2.18. The Morgan fingerprint density at radius 1 is 1.33 bits per heavy atom. The van der Waals surface area contributed by atoms with Gasteiger partial charge in [-0.1, -0.05) is 19.1 Å². The first kappa shape index (κ1) is 14.8. The van der Waals surface area contributed by atoms with Crippen LogP contribution in [0.2, 0.25) is 0 Å². The lowest BCUT2D eigenvalue weighted by molar-refractivity contribution is -0.137. The molecule has 2 rings (SSSR count). The van der Waals surface area contributed by atoms with E-state index in [1.807, 2.05) is 0 Å². The van der Waals surface area contributed by atoms with Crippen molar-refractivity contribution in [2.24, 2.45) is 0 Å². The van der Waals surface area contributed by atoms with E-state index in [0.29, 0.717) is 17.4 Å². The molecule has 6 heteroatoms. The van der Waals surface area contributed by atoms with Crippen molar-refractivity contribution in [3.63, 3.8) is 0 Å². The lowest BCUT2D eigenvalue weighted by atomic mass is 10.1. The predicted octanol–water partition coefficient (Wildman–Crippen LogP) is 1.78. The van der Waals surface area contributed by atoms with Crippen molar-refractivity contribution in [1.29, 1.82) is 0 Å². The number of amides is 1. The van der Waals surface area contributed by atoms with Crippen molar-refractivity contribution < 1.29 is 19.1 Å². The fourth-order valence-corrected chi connectivity index (χ4v) is 1.98. The first-order valence-corrected chi connectivity index (χ1v) is 6.56. The Hall–Kier alpha value is -2.63. The largest absolute Gasteiger partial charge is 0.481 e. The van der Waals surface area contributed by atoms with Crippen LogP contribution in [0, 0.1) is 0 Å².